The van der Waals surface area contributed by atoms with Crippen LogP contribution in [0.5, 0.6) is 0 Å². The van der Waals surface area contributed by atoms with E-state index < -0.39 is 26.5 Å². The van der Waals surface area contributed by atoms with Gasteiger partial charge in [-0.1, -0.05) is 304 Å². The number of quaternary nitrogens is 1. The largest absolute Gasteiger partial charge is 0.472 e. The molecular formula is C84H135NO8P+. The van der Waals surface area contributed by atoms with Gasteiger partial charge in [0.15, 0.2) is 6.10 Å². The highest BCUT2D eigenvalue weighted by atomic mass is 31.2. The van der Waals surface area contributed by atoms with Gasteiger partial charge in [0.2, 0.25) is 0 Å². The summed E-state index contributed by atoms with van der Waals surface area (Å²) < 4.78 is 34.7. The van der Waals surface area contributed by atoms with Gasteiger partial charge >= 0.3 is 19.8 Å². The van der Waals surface area contributed by atoms with E-state index in [0.717, 1.165) is 154 Å². The van der Waals surface area contributed by atoms with Gasteiger partial charge in [0.05, 0.1) is 27.7 Å². The molecule has 0 radical (unpaired) electrons. The molecule has 0 spiro atoms. The minimum absolute atomic E-state index is 0.0142. The van der Waals surface area contributed by atoms with Crippen molar-refractivity contribution in [3.05, 3.63) is 207 Å². The molecule has 2 unspecified atom stereocenters. The molecule has 0 bridgehead atoms. The Morgan fingerprint density at radius 2 is 0.574 bits per heavy atom. The van der Waals surface area contributed by atoms with Crippen LogP contribution in [0.4, 0.5) is 0 Å². The highest BCUT2D eigenvalue weighted by Gasteiger charge is 2.27. The minimum atomic E-state index is -4.42. The van der Waals surface area contributed by atoms with Crippen LogP contribution in [0.2, 0.25) is 0 Å². The van der Waals surface area contributed by atoms with Gasteiger partial charge in [0, 0.05) is 12.8 Å². The van der Waals surface area contributed by atoms with Crippen LogP contribution in [0.25, 0.3) is 0 Å². The van der Waals surface area contributed by atoms with Gasteiger partial charge in [0.25, 0.3) is 0 Å². The Labute approximate surface area is 576 Å². The van der Waals surface area contributed by atoms with Gasteiger partial charge in [-0.15, -0.1) is 0 Å². The van der Waals surface area contributed by atoms with Crippen molar-refractivity contribution in [2.45, 2.75) is 264 Å². The third-order valence-electron chi connectivity index (χ3n) is 14.8. The van der Waals surface area contributed by atoms with Gasteiger partial charge in [-0.05, 0) is 148 Å². The van der Waals surface area contributed by atoms with Gasteiger partial charge in [-0.25, -0.2) is 4.57 Å². The smallest absolute Gasteiger partial charge is 0.462 e. The monoisotopic (exact) mass is 1320 g/mol. The zero-order valence-electron chi connectivity index (χ0n) is 60.1. The standard InChI is InChI=1S/C84H134NO8P/c1-6-8-10-12-14-16-18-20-22-24-26-28-30-32-34-36-38-39-40-41-42-43-44-45-47-48-50-52-54-56-58-60-62-64-66-68-70-72-74-76-83(86)90-80-82(81-92-94(88,89)91-79-78-85(3,4)5)93-84(87)77-75-73-71-69-67-65-63-61-59-57-55-53-51-49-46-37-35-33-31-29-27-25-23-21-19-17-15-13-11-9-7-2/h8-11,14-17,20-23,26-29,32-35,38-39,41-42,44-46,49,53,55,59,61,65,67,82H,6-7,12-13,18-19,24-25,30-31,36-37,40,43,47-48,50-52,54,56-58,60,62-64,66,68-81H2,1-5H3/p+1/b10-8-,11-9-,16-14-,17-15-,22-20-,23-21-,28-26-,29-27-,34-32-,35-33-,39-38-,42-41-,45-44-,49-46-,55-53-,61-59-,67-65-. The van der Waals surface area contributed by atoms with E-state index in [1.54, 1.807) is 0 Å². The number of rotatable bonds is 65. The SMILES string of the molecule is CC/C=C\C/C=C\C/C=C\C/C=C\C/C=C\C/C=C\C/C=C\C/C=C\C/C=C\CCCCCC(=O)OC(COC(=O)CCCCCCCCCCCCCCCC/C=C\C/C=C\C/C=C\C/C=C\C/C=C\C/C=C\C/C=C\C/C=C\CC)COP(=O)(O)OCC[N+](C)(C)C. The maximum absolute atomic E-state index is 12.9. The first-order chi connectivity index (χ1) is 46.0. The maximum atomic E-state index is 12.9. The predicted octanol–water partition coefficient (Wildman–Crippen LogP) is 24.6. The summed E-state index contributed by atoms with van der Waals surface area (Å²) in [6.45, 7) is 4.15. The number of phosphoric ester groups is 1. The molecule has 94 heavy (non-hydrogen) atoms. The number of phosphoric acid groups is 1. The predicted molar refractivity (Wildman–Crippen MR) is 408 cm³/mol. The molecule has 1 N–H and O–H groups in total. The number of nitrogens with zero attached hydrogens (tertiary/aromatic N) is 1. The van der Waals surface area contributed by atoms with E-state index in [1.807, 2.05) is 21.1 Å². The second kappa shape index (κ2) is 71.9. The topological polar surface area (TPSA) is 108 Å². The average Bonchev–Trinajstić information content (AvgIpc) is 1.66. The molecule has 0 amide bonds. The van der Waals surface area contributed by atoms with Crippen LogP contribution in [0.3, 0.4) is 0 Å². The molecule has 0 heterocycles. The van der Waals surface area contributed by atoms with Gasteiger partial charge in [0.1, 0.15) is 19.8 Å². The molecule has 9 nitrogen and oxygen atoms in total. The molecule has 0 aliphatic heterocycles. The van der Waals surface area contributed by atoms with Gasteiger partial charge in [-0.2, -0.15) is 0 Å². The minimum Gasteiger partial charge on any atom is -0.462 e. The first-order valence-corrected chi connectivity index (χ1v) is 38.3. The quantitative estimate of drug-likeness (QED) is 0.0211. The molecule has 2 atom stereocenters. The zero-order chi connectivity index (χ0) is 68.3. The first kappa shape index (κ1) is 88.6. The van der Waals surface area contributed by atoms with E-state index in [1.165, 1.54) is 70.6 Å². The van der Waals surface area contributed by atoms with Gasteiger partial charge in [-0.3, -0.25) is 18.6 Å². The molecule has 0 fully saturated rings. The number of ether oxygens (including phenoxy) is 2. The second-order valence-electron chi connectivity index (χ2n) is 24.9. The first-order valence-electron chi connectivity index (χ1n) is 36.8. The van der Waals surface area contributed by atoms with E-state index in [9.17, 15) is 19.0 Å². The molecule has 528 valence electrons. The average molecular weight is 1320 g/mol. The number of unbranched alkanes of at least 4 members (excludes halogenated alkanes) is 17. The number of hydrogen-bond donors (Lipinski definition) is 1. The molecule has 0 aromatic heterocycles. The Bertz CT molecular complexity index is 2340. The molecule has 0 aromatic rings. The lowest BCUT2D eigenvalue weighted by molar-refractivity contribution is -0.870. The van der Waals surface area contributed by atoms with Crippen LogP contribution in [0.1, 0.15) is 258 Å². The van der Waals surface area contributed by atoms with Crippen LogP contribution in [0.15, 0.2) is 207 Å². The van der Waals surface area contributed by atoms with Crippen molar-refractivity contribution >= 4 is 19.8 Å². The van der Waals surface area contributed by atoms with Crippen molar-refractivity contribution in [3.63, 3.8) is 0 Å². The van der Waals surface area contributed by atoms with Crippen molar-refractivity contribution in [2.75, 3.05) is 47.5 Å². The molecular weight excluding hydrogens is 1180 g/mol. The summed E-state index contributed by atoms with van der Waals surface area (Å²) in [4.78, 5) is 35.9. The Kier molecular flexibility index (Phi) is 67.7. The van der Waals surface area contributed by atoms with Crippen molar-refractivity contribution in [3.8, 4) is 0 Å². The molecule has 0 saturated carbocycles. The molecule has 0 aromatic carbocycles. The number of esters is 2. The van der Waals surface area contributed by atoms with E-state index in [-0.39, 0.29) is 32.0 Å². The van der Waals surface area contributed by atoms with Crippen LogP contribution in [0, 0.1) is 0 Å². The second-order valence-corrected chi connectivity index (χ2v) is 26.3. The van der Waals surface area contributed by atoms with E-state index in [2.05, 4.69) is 220 Å². The highest BCUT2D eigenvalue weighted by molar-refractivity contribution is 7.47. The fourth-order valence-corrected chi connectivity index (χ4v) is 10.0. The summed E-state index contributed by atoms with van der Waals surface area (Å²) >= 11 is 0. The molecule has 0 saturated heterocycles. The Hall–Kier alpha value is -5.41. The van der Waals surface area contributed by atoms with E-state index >= 15 is 0 Å². The summed E-state index contributed by atoms with van der Waals surface area (Å²) in [5, 5.41) is 0. The van der Waals surface area contributed by atoms with Crippen molar-refractivity contribution in [1.82, 2.24) is 0 Å². The summed E-state index contributed by atoms with van der Waals surface area (Å²) in [5.41, 5.74) is 0. The van der Waals surface area contributed by atoms with Crippen molar-refractivity contribution < 1.29 is 42.1 Å². The lowest BCUT2D eigenvalue weighted by Crippen LogP contribution is -2.37. The Balaban J connectivity index is 4.14. The third-order valence-corrected chi connectivity index (χ3v) is 15.8. The fraction of sp³-hybridized carbons (Fsp3) is 0.571. The molecule has 0 aliphatic carbocycles. The normalized spacial score (nSPS) is 14.3. The number of allylic oxidation sites excluding steroid dienone is 34. The number of hydrogen-bond acceptors (Lipinski definition) is 7. The summed E-state index contributed by atoms with van der Waals surface area (Å²) in [7, 11) is 1.43. The number of carbonyl (C=O) groups is 2. The zero-order valence-corrected chi connectivity index (χ0v) is 61.0. The van der Waals surface area contributed by atoms with Crippen LogP contribution >= 0.6 is 7.82 Å². The summed E-state index contributed by atoms with van der Waals surface area (Å²) in [5.74, 6) is -0.848. The Morgan fingerprint density at radius 3 is 0.862 bits per heavy atom. The van der Waals surface area contributed by atoms with E-state index in [4.69, 9.17) is 18.5 Å². The van der Waals surface area contributed by atoms with Crippen molar-refractivity contribution in [2.24, 2.45) is 0 Å². The number of likely N-dealkylation sites (N-methyl/N-ethyl adjacent to an activating group) is 1. The number of carbonyl (C=O) groups excluding carboxylic acids is 2. The highest BCUT2D eigenvalue weighted by Crippen LogP contribution is 2.43. The van der Waals surface area contributed by atoms with Crippen LogP contribution in [-0.4, -0.2) is 74.9 Å². The Morgan fingerprint density at radius 1 is 0.330 bits per heavy atom. The third kappa shape index (κ3) is 75.6. The lowest BCUT2D eigenvalue weighted by Gasteiger charge is -2.24. The van der Waals surface area contributed by atoms with Crippen LogP contribution < -0.4 is 0 Å². The van der Waals surface area contributed by atoms with Crippen molar-refractivity contribution in [1.29, 1.82) is 0 Å². The van der Waals surface area contributed by atoms with E-state index in [0.29, 0.717) is 17.4 Å². The summed E-state index contributed by atoms with van der Waals surface area (Å²) in [6, 6.07) is 0. The fourth-order valence-electron chi connectivity index (χ4n) is 9.26. The molecule has 0 rings (SSSR count). The van der Waals surface area contributed by atoms with Gasteiger partial charge < -0.3 is 18.9 Å². The molecule has 10 heteroatoms. The maximum Gasteiger partial charge on any atom is 0.472 e. The summed E-state index contributed by atoms with van der Waals surface area (Å²) in [6.07, 6.45) is 114. The molecule has 0 aliphatic rings. The van der Waals surface area contributed by atoms with Crippen LogP contribution in [-0.2, 0) is 32.7 Å². The lowest BCUT2D eigenvalue weighted by atomic mass is 10.0.